The van der Waals surface area contributed by atoms with Crippen molar-refractivity contribution in [2.75, 3.05) is 18.0 Å². The highest BCUT2D eigenvalue weighted by Gasteiger charge is 2.28. The van der Waals surface area contributed by atoms with Crippen LogP contribution in [0, 0.1) is 12.7 Å². The van der Waals surface area contributed by atoms with Gasteiger partial charge >= 0.3 is 0 Å². The van der Waals surface area contributed by atoms with E-state index in [0.717, 1.165) is 24.8 Å². The summed E-state index contributed by atoms with van der Waals surface area (Å²) in [6, 6.07) is 6.43. The van der Waals surface area contributed by atoms with Crippen LogP contribution in [0.1, 0.15) is 31.2 Å². The molecule has 0 radical (unpaired) electrons. The molecule has 2 fully saturated rings. The van der Waals surface area contributed by atoms with Crippen molar-refractivity contribution in [2.45, 2.75) is 44.7 Å². The molecule has 1 N–H and O–H groups in total. The van der Waals surface area contributed by atoms with E-state index in [1.165, 1.54) is 31.2 Å². The number of benzene rings is 1. The minimum Gasteiger partial charge on any atom is -0.370 e. The number of nitrogens with zero attached hydrogens (tertiary/aromatic N) is 1. The first-order chi connectivity index (χ1) is 8.72. The van der Waals surface area contributed by atoms with Gasteiger partial charge in [0.2, 0.25) is 0 Å². The van der Waals surface area contributed by atoms with E-state index in [1.807, 2.05) is 6.07 Å². The average molecular weight is 248 g/mol. The second kappa shape index (κ2) is 4.88. The van der Waals surface area contributed by atoms with E-state index in [4.69, 9.17) is 0 Å². The molecule has 1 aromatic carbocycles. The molecule has 1 unspecified atom stereocenters. The van der Waals surface area contributed by atoms with Crippen LogP contribution in [-0.2, 0) is 0 Å². The first-order valence-electron chi connectivity index (χ1n) is 6.99. The van der Waals surface area contributed by atoms with E-state index in [0.29, 0.717) is 6.04 Å². The highest BCUT2D eigenvalue weighted by Crippen LogP contribution is 2.26. The van der Waals surface area contributed by atoms with Crippen LogP contribution in [0.4, 0.5) is 10.1 Å². The van der Waals surface area contributed by atoms with Crippen LogP contribution >= 0.6 is 0 Å². The summed E-state index contributed by atoms with van der Waals surface area (Å²) in [5.74, 6) is -0.132. The van der Waals surface area contributed by atoms with Crippen LogP contribution in [0.25, 0.3) is 0 Å². The summed E-state index contributed by atoms with van der Waals surface area (Å²) >= 11 is 0. The van der Waals surface area contributed by atoms with Gasteiger partial charge in [-0.15, -0.1) is 0 Å². The van der Waals surface area contributed by atoms with Gasteiger partial charge in [-0.25, -0.2) is 4.39 Å². The number of rotatable bonds is 3. The van der Waals surface area contributed by atoms with Crippen molar-refractivity contribution >= 4 is 5.69 Å². The van der Waals surface area contributed by atoms with E-state index < -0.39 is 0 Å². The minimum atomic E-state index is -0.132. The summed E-state index contributed by atoms with van der Waals surface area (Å²) in [5.41, 5.74) is 2.24. The molecule has 18 heavy (non-hydrogen) atoms. The monoisotopic (exact) mass is 248 g/mol. The highest BCUT2D eigenvalue weighted by atomic mass is 19.1. The van der Waals surface area contributed by atoms with Crippen LogP contribution in [0.3, 0.4) is 0 Å². The molecule has 2 nitrogen and oxygen atoms in total. The zero-order valence-electron chi connectivity index (χ0n) is 11.0. The minimum absolute atomic E-state index is 0.132. The largest absolute Gasteiger partial charge is 0.370 e. The fraction of sp³-hybridized carbons (Fsp3) is 0.600. The van der Waals surface area contributed by atoms with Crippen LogP contribution in [0.2, 0.25) is 0 Å². The third kappa shape index (κ3) is 2.66. The Morgan fingerprint density at radius 3 is 2.83 bits per heavy atom. The average Bonchev–Trinajstić information content (AvgIpc) is 3.16. The summed E-state index contributed by atoms with van der Waals surface area (Å²) in [6.45, 7) is 4.13. The summed E-state index contributed by atoms with van der Waals surface area (Å²) < 4.78 is 13.4. The molecule has 1 aliphatic heterocycles. The van der Waals surface area contributed by atoms with E-state index in [2.05, 4.69) is 17.1 Å². The molecule has 1 saturated carbocycles. The van der Waals surface area contributed by atoms with Crippen molar-refractivity contribution in [3.63, 3.8) is 0 Å². The summed E-state index contributed by atoms with van der Waals surface area (Å²) in [4.78, 5) is 2.34. The Morgan fingerprint density at radius 2 is 2.06 bits per heavy atom. The number of hydrogen-bond donors (Lipinski definition) is 1. The Hall–Kier alpha value is -1.09. The SMILES string of the molecule is Cc1ccc(F)cc1N1CCCC(NC2CC2)C1. The standard InChI is InChI=1S/C15H21FN2/c1-11-4-5-12(16)9-15(11)18-8-2-3-14(10-18)17-13-6-7-13/h4-5,9,13-14,17H,2-3,6-8,10H2,1H3. The van der Waals surface area contributed by atoms with Crippen LogP contribution < -0.4 is 10.2 Å². The second-order valence-corrected chi connectivity index (χ2v) is 5.66. The van der Waals surface area contributed by atoms with Crippen molar-refractivity contribution < 1.29 is 4.39 Å². The van der Waals surface area contributed by atoms with Crippen molar-refractivity contribution in [3.8, 4) is 0 Å². The Labute approximate surface area is 108 Å². The molecule has 1 aromatic rings. The van der Waals surface area contributed by atoms with Crippen molar-refractivity contribution in [2.24, 2.45) is 0 Å². The lowest BCUT2D eigenvalue weighted by molar-refractivity contribution is 0.420. The molecule has 1 heterocycles. The molecule has 1 saturated heterocycles. The number of aryl methyl sites for hydroxylation is 1. The van der Waals surface area contributed by atoms with E-state index in [9.17, 15) is 4.39 Å². The first-order valence-corrected chi connectivity index (χ1v) is 6.99. The number of nitrogens with one attached hydrogen (secondary N) is 1. The summed E-state index contributed by atoms with van der Waals surface area (Å²) in [5, 5.41) is 3.69. The predicted molar refractivity (Wildman–Crippen MR) is 72.5 cm³/mol. The fourth-order valence-corrected chi connectivity index (χ4v) is 2.84. The van der Waals surface area contributed by atoms with Crippen LogP contribution in [0.15, 0.2) is 18.2 Å². The predicted octanol–water partition coefficient (Wildman–Crippen LogP) is 2.85. The quantitative estimate of drug-likeness (QED) is 0.885. The molecular formula is C15H21FN2. The van der Waals surface area contributed by atoms with Gasteiger partial charge in [0.15, 0.2) is 0 Å². The molecule has 1 aliphatic carbocycles. The Morgan fingerprint density at radius 1 is 1.22 bits per heavy atom. The number of piperidine rings is 1. The molecule has 0 amide bonds. The summed E-state index contributed by atoms with van der Waals surface area (Å²) in [7, 11) is 0. The van der Waals surface area contributed by atoms with Crippen molar-refractivity contribution in [3.05, 3.63) is 29.6 Å². The third-order valence-electron chi connectivity index (χ3n) is 3.98. The van der Waals surface area contributed by atoms with E-state index in [1.54, 1.807) is 12.1 Å². The number of hydrogen-bond acceptors (Lipinski definition) is 2. The summed E-state index contributed by atoms with van der Waals surface area (Å²) in [6.07, 6.45) is 5.10. The molecule has 98 valence electrons. The maximum atomic E-state index is 13.4. The second-order valence-electron chi connectivity index (χ2n) is 5.66. The van der Waals surface area contributed by atoms with Crippen molar-refractivity contribution in [1.82, 2.24) is 5.32 Å². The third-order valence-corrected chi connectivity index (χ3v) is 3.98. The van der Waals surface area contributed by atoms with Gasteiger partial charge in [0.1, 0.15) is 5.82 Å². The Kier molecular flexibility index (Phi) is 3.25. The smallest absolute Gasteiger partial charge is 0.125 e. The number of halogens is 1. The number of anilines is 1. The topological polar surface area (TPSA) is 15.3 Å². The lowest BCUT2D eigenvalue weighted by atomic mass is 10.0. The molecule has 0 bridgehead atoms. The Bertz CT molecular complexity index is 429. The van der Waals surface area contributed by atoms with Gasteiger partial charge in [-0.3, -0.25) is 0 Å². The van der Waals surface area contributed by atoms with Gasteiger partial charge in [0.05, 0.1) is 0 Å². The van der Waals surface area contributed by atoms with Crippen molar-refractivity contribution in [1.29, 1.82) is 0 Å². The maximum absolute atomic E-state index is 13.4. The normalized spacial score (nSPS) is 24.3. The highest BCUT2D eigenvalue weighted by molar-refractivity contribution is 5.53. The molecule has 1 atom stereocenters. The molecule has 0 spiro atoms. The van der Waals surface area contributed by atoms with Crippen LogP contribution in [0.5, 0.6) is 0 Å². The van der Waals surface area contributed by atoms with E-state index >= 15 is 0 Å². The lowest BCUT2D eigenvalue weighted by Crippen LogP contribution is -2.46. The first kappa shape index (κ1) is 12.0. The van der Waals surface area contributed by atoms with Gasteiger partial charge in [-0.05, 0) is 50.3 Å². The Balaban J connectivity index is 1.72. The fourth-order valence-electron chi connectivity index (χ4n) is 2.84. The van der Waals surface area contributed by atoms with Gasteiger partial charge in [0.25, 0.3) is 0 Å². The molecule has 3 rings (SSSR count). The zero-order valence-corrected chi connectivity index (χ0v) is 11.0. The van der Waals surface area contributed by atoms with Gasteiger partial charge in [-0.2, -0.15) is 0 Å². The molecule has 2 aliphatic rings. The molecule has 3 heteroatoms. The van der Waals surface area contributed by atoms with Gasteiger partial charge in [-0.1, -0.05) is 6.07 Å². The molecule has 0 aromatic heterocycles. The van der Waals surface area contributed by atoms with E-state index in [-0.39, 0.29) is 5.82 Å². The molecular weight excluding hydrogens is 227 g/mol. The lowest BCUT2D eigenvalue weighted by Gasteiger charge is -2.35. The van der Waals surface area contributed by atoms with Gasteiger partial charge in [0, 0.05) is 30.9 Å². The maximum Gasteiger partial charge on any atom is 0.125 e. The zero-order chi connectivity index (χ0) is 12.5. The van der Waals surface area contributed by atoms with Crippen LogP contribution in [-0.4, -0.2) is 25.2 Å². The van der Waals surface area contributed by atoms with Gasteiger partial charge < -0.3 is 10.2 Å².